The largest absolute Gasteiger partial charge is 0.344 e. The van der Waals surface area contributed by atoms with E-state index in [9.17, 15) is 18.0 Å². The number of carbonyl (C=O) groups is 2. The van der Waals surface area contributed by atoms with Gasteiger partial charge in [0, 0.05) is 24.5 Å². The van der Waals surface area contributed by atoms with Gasteiger partial charge in [-0.2, -0.15) is 5.10 Å². The Morgan fingerprint density at radius 3 is 2.70 bits per heavy atom. The average molecular weight is 425 g/mol. The molecule has 0 saturated carbocycles. The third-order valence-electron chi connectivity index (χ3n) is 4.65. The molecule has 0 bridgehead atoms. The Kier molecular flexibility index (Phi) is 5.08. The molecule has 10 heteroatoms. The molecule has 2 N–H and O–H groups in total. The molecule has 1 aliphatic rings. The van der Waals surface area contributed by atoms with Crippen LogP contribution in [0.4, 0.5) is 5.82 Å². The van der Waals surface area contributed by atoms with E-state index >= 15 is 0 Å². The number of nitrogens with zero attached hydrogens (tertiary/aromatic N) is 3. The number of hydrogen-bond acceptors (Lipinski definition) is 6. The molecule has 0 fully saturated rings. The molecule has 4 rings (SSSR count). The van der Waals surface area contributed by atoms with Gasteiger partial charge in [0.05, 0.1) is 22.9 Å². The Labute approximate surface area is 173 Å². The number of aryl methyl sites for hydroxylation is 1. The first-order valence-corrected chi connectivity index (χ1v) is 11.0. The van der Waals surface area contributed by atoms with E-state index in [2.05, 4.69) is 20.7 Å². The van der Waals surface area contributed by atoms with Crippen LogP contribution in [-0.2, 0) is 37.5 Å². The van der Waals surface area contributed by atoms with Crippen LogP contribution in [0, 0.1) is 6.92 Å². The Bertz CT molecular complexity index is 1240. The molecule has 0 atom stereocenters. The highest BCUT2D eigenvalue weighted by Crippen LogP contribution is 2.33. The number of sulfone groups is 1. The number of anilines is 1. The Morgan fingerprint density at radius 2 is 1.97 bits per heavy atom. The van der Waals surface area contributed by atoms with Crippen LogP contribution in [0.5, 0.6) is 0 Å². The van der Waals surface area contributed by atoms with Crippen molar-refractivity contribution in [2.45, 2.75) is 25.0 Å². The molecule has 1 aliphatic heterocycles. The lowest BCUT2D eigenvalue weighted by Gasteiger charge is -2.11. The number of rotatable bonds is 4. The van der Waals surface area contributed by atoms with Gasteiger partial charge in [-0.3, -0.25) is 14.6 Å². The molecular formula is C20H19N5O4S. The van der Waals surface area contributed by atoms with Crippen molar-refractivity contribution < 1.29 is 18.0 Å². The molecule has 0 saturated heterocycles. The monoisotopic (exact) mass is 425 g/mol. The highest BCUT2D eigenvalue weighted by molar-refractivity contribution is 7.90. The normalized spacial score (nSPS) is 14.2. The van der Waals surface area contributed by atoms with Crippen molar-refractivity contribution in [2.24, 2.45) is 0 Å². The highest BCUT2D eigenvalue weighted by atomic mass is 32.2. The van der Waals surface area contributed by atoms with E-state index in [1.54, 1.807) is 30.6 Å². The number of benzene rings is 1. The van der Waals surface area contributed by atoms with Crippen molar-refractivity contribution in [1.29, 1.82) is 0 Å². The lowest BCUT2D eigenvalue weighted by atomic mass is 10.2. The van der Waals surface area contributed by atoms with E-state index in [-0.39, 0.29) is 23.9 Å². The predicted molar refractivity (Wildman–Crippen MR) is 109 cm³/mol. The summed E-state index contributed by atoms with van der Waals surface area (Å²) in [7, 11) is -3.33. The van der Waals surface area contributed by atoms with E-state index in [1.807, 2.05) is 25.1 Å². The molecule has 9 nitrogen and oxygen atoms in total. The molecule has 1 aromatic carbocycles. The summed E-state index contributed by atoms with van der Waals surface area (Å²) in [5, 5.41) is 9.46. The average Bonchev–Trinajstić information content (AvgIpc) is 3.19. The van der Waals surface area contributed by atoms with E-state index in [4.69, 9.17) is 0 Å². The number of fused-ring (bicyclic) bond motifs is 1. The highest BCUT2D eigenvalue weighted by Gasteiger charge is 2.33. The lowest BCUT2D eigenvalue weighted by Crippen LogP contribution is -2.35. The number of aromatic nitrogens is 3. The Hall–Kier alpha value is -3.53. The van der Waals surface area contributed by atoms with Crippen molar-refractivity contribution in [2.75, 3.05) is 5.32 Å². The van der Waals surface area contributed by atoms with Gasteiger partial charge in [0.15, 0.2) is 9.84 Å². The van der Waals surface area contributed by atoms with Crippen LogP contribution in [0.25, 0.3) is 5.69 Å². The summed E-state index contributed by atoms with van der Waals surface area (Å²) >= 11 is 0. The van der Waals surface area contributed by atoms with E-state index in [0.29, 0.717) is 16.9 Å². The first kappa shape index (κ1) is 19.8. The maximum Gasteiger partial charge on any atom is 0.314 e. The molecule has 2 aromatic heterocycles. The van der Waals surface area contributed by atoms with E-state index in [1.165, 1.54) is 4.68 Å². The van der Waals surface area contributed by atoms with Gasteiger partial charge in [-0.05, 0) is 36.2 Å². The van der Waals surface area contributed by atoms with Gasteiger partial charge in [-0.25, -0.2) is 13.1 Å². The molecular weight excluding hydrogens is 406 g/mol. The molecule has 3 aromatic rings. The second kappa shape index (κ2) is 7.71. The maximum absolute atomic E-state index is 12.5. The van der Waals surface area contributed by atoms with Gasteiger partial charge in [-0.15, -0.1) is 0 Å². The van der Waals surface area contributed by atoms with Crippen LogP contribution in [-0.4, -0.2) is 35.0 Å². The minimum absolute atomic E-state index is 0.143. The predicted octanol–water partition coefficient (Wildman–Crippen LogP) is 1.26. The van der Waals surface area contributed by atoms with Crippen LogP contribution in [0.3, 0.4) is 0 Å². The van der Waals surface area contributed by atoms with Crippen LogP contribution >= 0.6 is 0 Å². The third kappa shape index (κ3) is 4.08. The zero-order valence-electron chi connectivity index (χ0n) is 16.1. The van der Waals surface area contributed by atoms with Crippen LogP contribution in [0.1, 0.15) is 22.4 Å². The summed E-state index contributed by atoms with van der Waals surface area (Å²) < 4.78 is 25.5. The fraction of sp³-hybridized carbons (Fsp3) is 0.200. The molecule has 0 spiro atoms. The standard InChI is InChI=1S/C20H19N5O4S/c1-13-4-2-6-15(8-13)25-18(16-11-30(28,29)12-17(16)24-25)23-20(27)19(26)22-10-14-5-3-7-21-9-14/h2-9H,10-12H2,1H3,(H,22,26)(H,23,27). The van der Waals surface area contributed by atoms with Crippen molar-refractivity contribution in [3.8, 4) is 5.69 Å². The van der Waals surface area contributed by atoms with Crippen LogP contribution in [0.15, 0.2) is 48.8 Å². The molecule has 0 aliphatic carbocycles. The number of hydrogen-bond donors (Lipinski definition) is 2. The summed E-state index contributed by atoms with van der Waals surface area (Å²) in [5.41, 5.74) is 3.16. The van der Waals surface area contributed by atoms with Crippen molar-refractivity contribution in [1.82, 2.24) is 20.1 Å². The van der Waals surface area contributed by atoms with Crippen LogP contribution < -0.4 is 10.6 Å². The molecule has 3 heterocycles. The fourth-order valence-corrected chi connectivity index (χ4v) is 4.74. The first-order chi connectivity index (χ1) is 14.3. The summed E-state index contributed by atoms with van der Waals surface area (Å²) in [6, 6.07) is 10.9. The van der Waals surface area contributed by atoms with Gasteiger partial charge in [0.2, 0.25) is 0 Å². The minimum Gasteiger partial charge on any atom is -0.344 e. The van der Waals surface area contributed by atoms with Gasteiger partial charge in [-0.1, -0.05) is 18.2 Å². The Morgan fingerprint density at radius 1 is 1.13 bits per heavy atom. The van der Waals surface area contributed by atoms with Crippen molar-refractivity contribution >= 4 is 27.5 Å². The lowest BCUT2D eigenvalue weighted by molar-refractivity contribution is -0.136. The van der Waals surface area contributed by atoms with Gasteiger partial charge < -0.3 is 10.6 Å². The topological polar surface area (TPSA) is 123 Å². The minimum atomic E-state index is -3.33. The fourth-order valence-electron chi connectivity index (χ4n) is 3.25. The second-order valence-corrected chi connectivity index (χ2v) is 9.12. The van der Waals surface area contributed by atoms with Crippen molar-refractivity contribution in [3.63, 3.8) is 0 Å². The van der Waals surface area contributed by atoms with Gasteiger partial charge in [0.25, 0.3) is 0 Å². The summed E-state index contributed by atoms with van der Waals surface area (Å²) in [6.07, 6.45) is 3.20. The number of nitrogens with one attached hydrogen (secondary N) is 2. The number of pyridine rings is 1. The zero-order chi connectivity index (χ0) is 21.3. The summed E-state index contributed by atoms with van der Waals surface area (Å²) in [5.74, 6) is -1.98. The molecule has 154 valence electrons. The maximum atomic E-state index is 12.5. The van der Waals surface area contributed by atoms with Crippen LogP contribution in [0.2, 0.25) is 0 Å². The van der Waals surface area contributed by atoms with E-state index < -0.39 is 21.7 Å². The second-order valence-electron chi connectivity index (χ2n) is 7.05. The smallest absolute Gasteiger partial charge is 0.314 e. The number of carbonyl (C=O) groups excluding carboxylic acids is 2. The Balaban J connectivity index is 1.59. The quantitative estimate of drug-likeness (QED) is 0.607. The summed E-state index contributed by atoms with van der Waals surface area (Å²) in [6.45, 7) is 2.05. The summed E-state index contributed by atoms with van der Waals surface area (Å²) in [4.78, 5) is 28.7. The first-order valence-electron chi connectivity index (χ1n) is 9.19. The molecule has 30 heavy (non-hydrogen) atoms. The van der Waals surface area contributed by atoms with Crippen molar-refractivity contribution in [3.05, 3.63) is 71.2 Å². The molecule has 0 unspecified atom stereocenters. The SMILES string of the molecule is Cc1cccc(-n2nc3c(c2NC(=O)C(=O)NCc2cccnc2)CS(=O)(=O)C3)c1. The van der Waals surface area contributed by atoms with Gasteiger partial charge >= 0.3 is 11.8 Å². The van der Waals surface area contributed by atoms with E-state index in [0.717, 1.165) is 11.1 Å². The molecule has 2 amide bonds. The molecule has 0 radical (unpaired) electrons. The zero-order valence-corrected chi connectivity index (χ0v) is 16.9. The van der Waals surface area contributed by atoms with Gasteiger partial charge in [0.1, 0.15) is 5.82 Å². The third-order valence-corrected chi connectivity index (χ3v) is 6.09. The number of amides is 2.